The largest absolute Gasteiger partial charge is 0.469 e. The maximum Gasteiger partial charge on any atom is 0.350 e. The van der Waals surface area contributed by atoms with Crippen molar-refractivity contribution in [3.05, 3.63) is 0 Å². The van der Waals surface area contributed by atoms with Gasteiger partial charge in [-0.3, -0.25) is 4.79 Å². The van der Waals surface area contributed by atoms with Gasteiger partial charge in [0.25, 0.3) is 0 Å². The van der Waals surface area contributed by atoms with Gasteiger partial charge in [-0.05, 0) is 6.42 Å². The van der Waals surface area contributed by atoms with Gasteiger partial charge in [0, 0.05) is 6.42 Å². The van der Waals surface area contributed by atoms with Crippen LogP contribution in [0.3, 0.4) is 0 Å². The van der Waals surface area contributed by atoms with Crippen molar-refractivity contribution in [1.29, 1.82) is 0 Å². The number of esters is 2. The van der Waals surface area contributed by atoms with Crippen LogP contribution in [0.2, 0.25) is 0 Å². The predicted molar refractivity (Wildman–Crippen MR) is 50.2 cm³/mol. The summed E-state index contributed by atoms with van der Waals surface area (Å²) in [5.41, 5.74) is 0.677. The molecule has 0 spiro atoms. The number of methoxy groups -OCH3 is 2. The molecular weight excluding hydrogens is 202 g/mol. The third-order valence-electron chi connectivity index (χ3n) is 2.04. The minimum Gasteiger partial charge on any atom is -0.469 e. The van der Waals surface area contributed by atoms with Crippen molar-refractivity contribution >= 4 is 17.7 Å². The lowest BCUT2D eigenvalue weighted by Crippen LogP contribution is -2.22. The molecule has 1 heterocycles. The van der Waals surface area contributed by atoms with Gasteiger partial charge in [-0.15, -0.1) is 0 Å². The Labute approximate surface area is 87.2 Å². The zero-order valence-corrected chi connectivity index (χ0v) is 8.69. The van der Waals surface area contributed by atoms with Crippen molar-refractivity contribution < 1.29 is 23.9 Å². The van der Waals surface area contributed by atoms with Gasteiger partial charge in [0.2, 0.25) is 6.10 Å². The Bertz CT molecular complexity index is 286. The Kier molecular flexibility index (Phi) is 4.08. The van der Waals surface area contributed by atoms with E-state index in [2.05, 4.69) is 14.6 Å². The van der Waals surface area contributed by atoms with E-state index in [1.807, 2.05) is 0 Å². The first-order valence-electron chi connectivity index (χ1n) is 4.53. The number of ether oxygens (including phenoxy) is 2. The number of carbonyl (C=O) groups excluding carboxylic acids is 2. The Morgan fingerprint density at radius 1 is 1.47 bits per heavy atom. The number of rotatable bonds is 4. The summed E-state index contributed by atoms with van der Waals surface area (Å²) < 4.78 is 8.98. The predicted octanol–water partition coefficient (Wildman–Crippen LogP) is 0.257. The number of hydrogen-bond acceptors (Lipinski definition) is 6. The molecule has 0 amide bonds. The summed E-state index contributed by atoms with van der Waals surface area (Å²) in [6.07, 6.45) is 0.402. The number of carbonyl (C=O) groups is 2. The van der Waals surface area contributed by atoms with Gasteiger partial charge in [-0.2, -0.15) is 0 Å². The first-order chi connectivity index (χ1) is 7.17. The standard InChI is InChI=1S/C9H13NO5/c1-13-8(11)4-3-6-5-7(15-10-6)9(12)14-2/h7H,3-5H2,1-2H3. The minimum absolute atomic E-state index is 0.243. The van der Waals surface area contributed by atoms with Gasteiger partial charge in [0.15, 0.2) is 0 Å². The maximum absolute atomic E-state index is 11.0. The minimum atomic E-state index is -0.664. The molecule has 0 aromatic carbocycles. The van der Waals surface area contributed by atoms with Crippen LogP contribution in [-0.4, -0.2) is 38.0 Å². The second-order valence-electron chi connectivity index (χ2n) is 3.05. The van der Waals surface area contributed by atoms with Crippen molar-refractivity contribution in [1.82, 2.24) is 0 Å². The highest BCUT2D eigenvalue weighted by atomic mass is 16.7. The average Bonchev–Trinajstić information content (AvgIpc) is 2.73. The van der Waals surface area contributed by atoms with E-state index >= 15 is 0 Å². The summed E-state index contributed by atoms with van der Waals surface area (Å²) >= 11 is 0. The highest BCUT2D eigenvalue weighted by molar-refractivity contribution is 5.92. The summed E-state index contributed by atoms with van der Waals surface area (Å²) in [6, 6.07) is 0. The van der Waals surface area contributed by atoms with Gasteiger partial charge < -0.3 is 14.3 Å². The Morgan fingerprint density at radius 3 is 2.80 bits per heavy atom. The van der Waals surface area contributed by atoms with Crippen LogP contribution >= 0.6 is 0 Å². The topological polar surface area (TPSA) is 74.2 Å². The molecular formula is C9H13NO5. The van der Waals surface area contributed by atoms with Crippen molar-refractivity contribution in [3.63, 3.8) is 0 Å². The molecule has 84 valence electrons. The molecule has 1 atom stereocenters. The zero-order chi connectivity index (χ0) is 11.3. The average molecular weight is 215 g/mol. The van der Waals surface area contributed by atoms with Crippen molar-refractivity contribution in [2.75, 3.05) is 14.2 Å². The zero-order valence-electron chi connectivity index (χ0n) is 8.69. The lowest BCUT2D eigenvalue weighted by Gasteiger charge is -2.03. The Morgan fingerprint density at radius 2 is 2.20 bits per heavy atom. The molecule has 0 radical (unpaired) electrons. The van der Waals surface area contributed by atoms with Crippen LogP contribution < -0.4 is 0 Å². The molecule has 0 N–H and O–H groups in total. The van der Waals surface area contributed by atoms with Crippen LogP contribution in [0, 0.1) is 0 Å². The molecule has 0 aromatic rings. The van der Waals surface area contributed by atoms with Gasteiger partial charge in [-0.25, -0.2) is 4.79 Å². The summed E-state index contributed by atoms with van der Waals surface area (Å²) in [5.74, 6) is -0.758. The van der Waals surface area contributed by atoms with E-state index in [1.54, 1.807) is 0 Å². The fraction of sp³-hybridized carbons (Fsp3) is 0.667. The smallest absolute Gasteiger partial charge is 0.350 e. The molecule has 0 bridgehead atoms. The third kappa shape index (κ3) is 3.23. The maximum atomic E-state index is 11.0. The van der Waals surface area contributed by atoms with Crippen LogP contribution in [0.5, 0.6) is 0 Å². The van der Waals surface area contributed by atoms with Crippen molar-refractivity contribution in [2.45, 2.75) is 25.4 Å². The van der Waals surface area contributed by atoms with Crippen LogP contribution in [0.15, 0.2) is 5.16 Å². The molecule has 1 rings (SSSR count). The van der Waals surface area contributed by atoms with Gasteiger partial charge in [-0.1, -0.05) is 5.16 Å². The molecule has 0 saturated carbocycles. The van der Waals surface area contributed by atoms with E-state index in [0.29, 0.717) is 18.6 Å². The highest BCUT2D eigenvalue weighted by Crippen LogP contribution is 2.15. The van der Waals surface area contributed by atoms with Crippen LogP contribution in [0.4, 0.5) is 0 Å². The normalized spacial score (nSPS) is 19.1. The van der Waals surface area contributed by atoms with Gasteiger partial charge in [0.1, 0.15) is 0 Å². The Hall–Kier alpha value is -1.59. The summed E-state index contributed by atoms with van der Waals surface area (Å²) in [7, 11) is 2.62. The second-order valence-corrected chi connectivity index (χ2v) is 3.05. The van der Waals surface area contributed by atoms with E-state index in [9.17, 15) is 9.59 Å². The molecule has 1 aliphatic rings. The third-order valence-corrected chi connectivity index (χ3v) is 2.04. The summed E-state index contributed by atoms with van der Waals surface area (Å²) in [5, 5.41) is 3.70. The van der Waals surface area contributed by atoms with E-state index in [-0.39, 0.29) is 12.4 Å². The second kappa shape index (κ2) is 5.33. The summed E-state index contributed by atoms with van der Waals surface area (Å²) in [6.45, 7) is 0. The van der Waals surface area contributed by atoms with E-state index in [4.69, 9.17) is 4.84 Å². The number of nitrogens with zero attached hydrogens (tertiary/aromatic N) is 1. The van der Waals surface area contributed by atoms with Gasteiger partial charge >= 0.3 is 11.9 Å². The molecule has 0 aromatic heterocycles. The first-order valence-corrected chi connectivity index (χ1v) is 4.53. The highest BCUT2D eigenvalue weighted by Gasteiger charge is 2.28. The van der Waals surface area contributed by atoms with Gasteiger partial charge in [0.05, 0.1) is 26.4 Å². The molecule has 6 nitrogen and oxygen atoms in total. The quantitative estimate of drug-likeness (QED) is 0.629. The lowest BCUT2D eigenvalue weighted by atomic mass is 10.1. The fourth-order valence-electron chi connectivity index (χ4n) is 1.18. The van der Waals surface area contributed by atoms with E-state index in [1.165, 1.54) is 14.2 Å². The van der Waals surface area contributed by atoms with Crippen LogP contribution in [0.25, 0.3) is 0 Å². The molecule has 0 saturated heterocycles. The molecule has 6 heteroatoms. The number of hydrogen-bond donors (Lipinski definition) is 0. The lowest BCUT2D eigenvalue weighted by molar-refractivity contribution is -0.152. The SMILES string of the molecule is COC(=O)CCC1=NOC(C(=O)OC)C1. The molecule has 0 fully saturated rings. The van der Waals surface area contributed by atoms with Crippen LogP contribution in [0.1, 0.15) is 19.3 Å². The monoisotopic (exact) mass is 215 g/mol. The first kappa shape index (κ1) is 11.5. The molecule has 0 aliphatic carbocycles. The van der Waals surface area contributed by atoms with E-state index < -0.39 is 12.1 Å². The molecule has 1 unspecified atom stereocenters. The van der Waals surface area contributed by atoms with Crippen LogP contribution in [-0.2, 0) is 23.9 Å². The van der Waals surface area contributed by atoms with E-state index in [0.717, 1.165) is 0 Å². The molecule has 1 aliphatic heterocycles. The van der Waals surface area contributed by atoms with Crippen molar-refractivity contribution in [3.8, 4) is 0 Å². The number of oxime groups is 1. The Balaban J connectivity index is 2.30. The summed E-state index contributed by atoms with van der Waals surface area (Å²) in [4.78, 5) is 26.7. The fourth-order valence-corrected chi connectivity index (χ4v) is 1.18. The molecule has 15 heavy (non-hydrogen) atoms. The van der Waals surface area contributed by atoms with Crippen molar-refractivity contribution in [2.24, 2.45) is 5.16 Å².